The first kappa shape index (κ1) is 20.2. The molecule has 1 aliphatic heterocycles. The van der Waals surface area contributed by atoms with E-state index in [9.17, 15) is 4.79 Å². The Labute approximate surface area is 181 Å². The number of urea groups is 1. The molecule has 1 fully saturated rings. The van der Waals surface area contributed by atoms with Crippen molar-refractivity contribution in [1.29, 1.82) is 0 Å². The van der Waals surface area contributed by atoms with Crippen molar-refractivity contribution in [3.8, 4) is 11.5 Å². The maximum absolute atomic E-state index is 12.9. The van der Waals surface area contributed by atoms with Gasteiger partial charge in [0.25, 0.3) is 0 Å². The van der Waals surface area contributed by atoms with Crippen molar-refractivity contribution in [2.24, 2.45) is 0 Å². The molecule has 6 heteroatoms. The molecule has 1 saturated heterocycles. The molecule has 1 atom stereocenters. The molecule has 5 nitrogen and oxygen atoms in total. The molecule has 1 N–H and O–H groups in total. The standard InChI is InChI=1S/C24H24N2O3S/c1-28-21-12-10-20(11-13-21)25-24(27)26-14-15-30-23(26)19-8-5-9-22(16-19)29-17-18-6-3-2-4-7-18/h2-13,16,23H,14-15,17H2,1H3,(H,25,27). The minimum Gasteiger partial charge on any atom is -0.497 e. The van der Waals surface area contributed by atoms with Crippen LogP contribution in [0.5, 0.6) is 11.5 Å². The van der Waals surface area contributed by atoms with Crippen molar-refractivity contribution in [2.75, 3.05) is 24.7 Å². The van der Waals surface area contributed by atoms with Crippen molar-refractivity contribution in [3.05, 3.63) is 90.0 Å². The first-order valence-corrected chi connectivity index (χ1v) is 10.9. The Hall–Kier alpha value is -3.12. The van der Waals surface area contributed by atoms with Crippen molar-refractivity contribution >= 4 is 23.5 Å². The number of ether oxygens (including phenoxy) is 2. The molecule has 0 spiro atoms. The Morgan fingerprint density at radius 1 is 1.03 bits per heavy atom. The van der Waals surface area contributed by atoms with Gasteiger partial charge >= 0.3 is 6.03 Å². The minimum atomic E-state index is -0.106. The fourth-order valence-electron chi connectivity index (χ4n) is 3.32. The van der Waals surface area contributed by atoms with E-state index in [0.29, 0.717) is 13.2 Å². The lowest BCUT2D eigenvalue weighted by molar-refractivity contribution is 0.214. The summed E-state index contributed by atoms with van der Waals surface area (Å²) in [6.45, 7) is 1.22. The highest BCUT2D eigenvalue weighted by Crippen LogP contribution is 2.39. The van der Waals surface area contributed by atoms with Gasteiger partial charge in [0.15, 0.2) is 0 Å². The number of methoxy groups -OCH3 is 1. The summed E-state index contributed by atoms with van der Waals surface area (Å²) in [5, 5.41) is 2.94. The first-order valence-electron chi connectivity index (χ1n) is 9.83. The Bertz CT molecular complexity index is 979. The van der Waals surface area contributed by atoms with Crippen LogP contribution in [-0.2, 0) is 6.61 Å². The number of amides is 2. The lowest BCUT2D eigenvalue weighted by Gasteiger charge is -2.25. The van der Waals surface area contributed by atoms with Gasteiger partial charge in [-0.1, -0.05) is 42.5 Å². The van der Waals surface area contributed by atoms with Crippen LogP contribution in [0.3, 0.4) is 0 Å². The Morgan fingerprint density at radius 2 is 1.83 bits per heavy atom. The summed E-state index contributed by atoms with van der Waals surface area (Å²) in [7, 11) is 1.62. The highest BCUT2D eigenvalue weighted by molar-refractivity contribution is 7.99. The summed E-state index contributed by atoms with van der Waals surface area (Å²) in [5.41, 5.74) is 2.93. The molecule has 3 aromatic carbocycles. The average molecular weight is 421 g/mol. The van der Waals surface area contributed by atoms with E-state index in [-0.39, 0.29) is 11.4 Å². The van der Waals surface area contributed by atoms with E-state index in [1.807, 2.05) is 83.8 Å². The molecule has 1 heterocycles. The molecule has 0 radical (unpaired) electrons. The smallest absolute Gasteiger partial charge is 0.323 e. The van der Waals surface area contributed by atoms with Crippen molar-refractivity contribution < 1.29 is 14.3 Å². The zero-order valence-electron chi connectivity index (χ0n) is 16.8. The SMILES string of the molecule is COc1ccc(NC(=O)N2CCSC2c2cccc(OCc3ccccc3)c2)cc1. The fourth-order valence-corrected chi connectivity index (χ4v) is 4.57. The molecular weight excluding hydrogens is 396 g/mol. The Kier molecular flexibility index (Phi) is 6.44. The van der Waals surface area contributed by atoms with Crippen molar-refractivity contribution in [1.82, 2.24) is 4.90 Å². The maximum Gasteiger partial charge on any atom is 0.323 e. The molecule has 3 aromatic rings. The Morgan fingerprint density at radius 3 is 2.60 bits per heavy atom. The molecule has 30 heavy (non-hydrogen) atoms. The predicted molar refractivity (Wildman–Crippen MR) is 121 cm³/mol. The van der Waals surface area contributed by atoms with Crippen LogP contribution >= 0.6 is 11.8 Å². The van der Waals surface area contributed by atoms with Crippen LogP contribution in [0, 0.1) is 0 Å². The summed E-state index contributed by atoms with van der Waals surface area (Å²) >= 11 is 1.76. The van der Waals surface area contributed by atoms with Gasteiger partial charge in [0, 0.05) is 18.0 Å². The fraction of sp³-hybridized carbons (Fsp3) is 0.208. The number of carbonyl (C=O) groups is 1. The molecule has 0 saturated carbocycles. The molecule has 2 amide bonds. The van der Waals surface area contributed by atoms with Gasteiger partial charge in [-0.05, 0) is 47.5 Å². The van der Waals surface area contributed by atoms with Gasteiger partial charge in [-0.15, -0.1) is 11.8 Å². The van der Waals surface area contributed by atoms with Crippen LogP contribution in [0.2, 0.25) is 0 Å². The summed E-state index contributed by atoms with van der Waals surface area (Å²) in [4.78, 5) is 14.8. The normalized spacial score (nSPS) is 15.6. The zero-order valence-corrected chi connectivity index (χ0v) is 17.6. The van der Waals surface area contributed by atoms with Gasteiger partial charge in [-0.2, -0.15) is 0 Å². The molecular formula is C24H24N2O3S. The lowest BCUT2D eigenvalue weighted by Crippen LogP contribution is -2.34. The second-order valence-electron chi connectivity index (χ2n) is 6.92. The van der Waals surface area contributed by atoms with E-state index >= 15 is 0 Å². The summed E-state index contributed by atoms with van der Waals surface area (Å²) < 4.78 is 11.1. The van der Waals surface area contributed by atoms with Crippen LogP contribution in [0.1, 0.15) is 16.5 Å². The van der Waals surface area contributed by atoms with Crippen LogP contribution in [0.4, 0.5) is 10.5 Å². The minimum absolute atomic E-state index is 0.0384. The van der Waals surface area contributed by atoms with E-state index in [4.69, 9.17) is 9.47 Å². The van der Waals surface area contributed by atoms with E-state index in [1.54, 1.807) is 18.9 Å². The molecule has 0 aromatic heterocycles. The van der Waals surface area contributed by atoms with E-state index < -0.39 is 0 Å². The van der Waals surface area contributed by atoms with Gasteiger partial charge in [-0.25, -0.2) is 4.79 Å². The van der Waals surface area contributed by atoms with Gasteiger partial charge in [0.1, 0.15) is 23.5 Å². The molecule has 0 bridgehead atoms. The van der Waals surface area contributed by atoms with Gasteiger partial charge in [0.05, 0.1) is 7.11 Å². The highest BCUT2D eigenvalue weighted by Gasteiger charge is 2.31. The second kappa shape index (κ2) is 9.59. The quantitative estimate of drug-likeness (QED) is 0.568. The number of nitrogens with zero attached hydrogens (tertiary/aromatic N) is 1. The number of carbonyl (C=O) groups excluding carboxylic acids is 1. The van der Waals surface area contributed by atoms with Crippen LogP contribution in [0.25, 0.3) is 0 Å². The first-order chi connectivity index (χ1) is 14.7. The van der Waals surface area contributed by atoms with E-state index in [2.05, 4.69) is 5.32 Å². The van der Waals surface area contributed by atoms with Gasteiger partial charge in [-0.3, -0.25) is 0 Å². The monoisotopic (exact) mass is 420 g/mol. The third-order valence-electron chi connectivity index (χ3n) is 4.88. The number of rotatable bonds is 6. The van der Waals surface area contributed by atoms with Gasteiger partial charge < -0.3 is 19.7 Å². The number of anilines is 1. The summed E-state index contributed by atoms with van der Waals surface area (Å²) in [6.07, 6.45) is 0. The highest BCUT2D eigenvalue weighted by atomic mass is 32.2. The number of hydrogen-bond acceptors (Lipinski definition) is 4. The van der Waals surface area contributed by atoms with Crippen molar-refractivity contribution in [2.45, 2.75) is 12.0 Å². The van der Waals surface area contributed by atoms with Crippen LogP contribution < -0.4 is 14.8 Å². The maximum atomic E-state index is 12.9. The molecule has 0 aliphatic carbocycles. The summed E-state index contributed by atoms with van der Waals surface area (Å²) in [6, 6.07) is 25.3. The summed E-state index contributed by atoms with van der Waals surface area (Å²) in [5.74, 6) is 2.46. The third kappa shape index (κ3) is 4.89. The largest absolute Gasteiger partial charge is 0.497 e. The number of thioether (sulfide) groups is 1. The molecule has 1 unspecified atom stereocenters. The van der Waals surface area contributed by atoms with E-state index in [1.165, 1.54) is 0 Å². The lowest BCUT2D eigenvalue weighted by atomic mass is 10.2. The van der Waals surface area contributed by atoms with E-state index in [0.717, 1.165) is 34.1 Å². The zero-order chi connectivity index (χ0) is 20.8. The topological polar surface area (TPSA) is 50.8 Å². The van der Waals surface area contributed by atoms with Crippen molar-refractivity contribution in [3.63, 3.8) is 0 Å². The molecule has 1 aliphatic rings. The van der Waals surface area contributed by atoms with Gasteiger partial charge in [0.2, 0.25) is 0 Å². The number of nitrogens with one attached hydrogen (secondary N) is 1. The molecule has 154 valence electrons. The third-order valence-corrected chi connectivity index (χ3v) is 6.15. The predicted octanol–water partition coefficient (Wildman–Crippen LogP) is 5.55. The van der Waals surface area contributed by atoms with Crippen LogP contribution in [-0.4, -0.2) is 30.3 Å². The number of benzene rings is 3. The molecule has 4 rings (SSSR count). The second-order valence-corrected chi connectivity index (χ2v) is 8.11. The van der Waals surface area contributed by atoms with Crippen LogP contribution in [0.15, 0.2) is 78.9 Å². The average Bonchev–Trinajstić information content (AvgIpc) is 3.29. The Balaban J connectivity index is 1.42. The number of hydrogen-bond donors (Lipinski definition) is 1.